The predicted octanol–water partition coefficient (Wildman–Crippen LogP) is 2.36. The van der Waals surface area contributed by atoms with Crippen molar-refractivity contribution < 1.29 is 28.5 Å². The number of carbonyl (C=O) groups is 2. The van der Waals surface area contributed by atoms with Crippen LogP contribution in [0.15, 0.2) is 30.5 Å². The zero-order valence-corrected chi connectivity index (χ0v) is 14.4. The first-order valence-electron chi connectivity index (χ1n) is 8.35. The quantitative estimate of drug-likeness (QED) is 0.762. The summed E-state index contributed by atoms with van der Waals surface area (Å²) in [5.74, 6) is 0.135. The van der Waals surface area contributed by atoms with E-state index in [-0.39, 0.29) is 30.5 Å². The molecule has 0 amide bonds. The molecule has 1 fully saturated rings. The number of ether oxygens (including phenoxy) is 4. The number of para-hydroxylation sites is 1. The Kier molecular flexibility index (Phi) is 5.38. The third-order valence-corrected chi connectivity index (χ3v) is 4.77. The summed E-state index contributed by atoms with van der Waals surface area (Å²) in [6, 6.07) is 7.42. The van der Waals surface area contributed by atoms with Gasteiger partial charge in [0.15, 0.2) is 5.78 Å². The molecule has 25 heavy (non-hydrogen) atoms. The van der Waals surface area contributed by atoms with Crippen molar-refractivity contribution in [3.05, 3.63) is 36.1 Å². The van der Waals surface area contributed by atoms with E-state index in [2.05, 4.69) is 4.74 Å². The number of methoxy groups -OCH3 is 2. The standard InChI is InChI=1S/C19H22O6/c1-22-16-6-4-3-5-13(16)15-10-25-17-9-12(24-11-18(20)23-2)7-8-14(17)19(15)21/h3-6,10,12,14,17H,7-9,11H2,1-2H3. The molecule has 2 aliphatic rings. The largest absolute Gasteiger partial charge is 0.496 e. The van der Waals surface area contributed by atoms with Crippen LogP contribution >= 0.6 is 0 Å². The maximum Gasteiger partial charge on any atom is 0.331 e. The molecule has 1 aromatic carbocycles. The highest BCUT2D eigenvalue weighted by molar-refractivity contribution is 6.22. The number of esters is 1. The summed E-state index contributed by atoms with van der Waals surface area (Å²) in [6.45, 7) is -0.0746. The fraction of sp³-hybridized carbons (Fsp3) is 0.474. The van der Waals surface area contributed by atoms with E-state index in [9.17, 15) is 9.59 Å². The molecule has 3 unspecified atom stereocenters. The molecule has 1 aliphatic carbocycles. The maximum absolute atomic E-state index is 12.9. The van der Waals surface area contributed by atoms with E-state index in [1.807, 2.05) is 24.3 Å². The predicted molar refractivity (Wildman–Crippen MR) is 89.9 cm³/mol. The molecule has 0 bridgehead atoms. The highest BCUT2D eigenvalue weighted by Gasteiger charge is 2.41. The van der Waals surface area contributed by atoms with Gasteiger partial charge in [0.2, 0.25) is 0 Å². The van der Waals surface area contributed by atoms with Crippen molar-refractivity contribution in [3.63, 3.8) is 0 Å². The van der Waals surface area contributed by atoms with Gasteiger partial charge in [-0.3, -0.25) is 4.79 Å². The number of fused-ring (bicyclic) bond motifs is 1. The van der Waals surface area contributed by atoms with E-state index in [4.69, 9.17) is 14.2 Å². The highest BCUT2D eigenvalue weighted by Crippen LogP contribution is 2.39. The molecule has 1 aromatic rings. The minimum Gasteiger partial charge on any atom is -0.496 e. The number of allylic oxidation sites excluding steroid dienone is 1. The lowest BCUT2D eigenvalue weighted by atomic mass is 9.77. The van der Waals surface area contributed by atoms with Gasteiger partial charge in [0.1, 0.15) is 18.5 Å². The second kappa shape index (κ2) is 7.70. The molecule has 1 aliphatic heterocycles. The Bertz CT molecular complexity index is 680. The van der Waals surface area contributed by atoms with Crippen LogP contribution in [0.2, 0.25) is 0 Å². The van der Waals surface area contributed by atoms with Gasteiger partial charge in [0.25, 0.3) is 0 Å². The summed E-state index contributed by atoms with van der Waals surface area (Å²) >= 11 is 0. The van der Waals surface area contributed by atoms with Crippen LogP contribution in [-0.4, -0.2) is 44.8 Å². The Labute approximate surface area is 146 Å². The Balaban J connectivity index is 1.70. The number of benzene rings is 1. The Morgan fingerprint density at radius 3 is 2.80 bits per heavy atom. The fourth-order valence-electron chi connectivity index (χ4n) is 3.42. The summed E-state index contributed by atoms with van der Waals surface area (Å²) < 4.78 is 21.3. The first-order chi connectivity index (χ1) is 12.1. The molecule has 1 heterocycles. The SMILES string of the molecule is COC(=O)COC1CCC2C(=O)C(c3ccccc3OC)=COC2C1. The van der Waals surface area contributed by atoms with Crippen LogP contribution < -0.4 is 4.74 Å². The highest BCUT2D eigenvalue weighted by atomic mass is 16.6. The molecule has 6 heteroatoms. The minimum atomic E-state index is -0.402. The van der Waals surface area contributed by atoms with Crippen LogP contribution in [0.1, 0.15) is 24.8 Å². The molecule has 134 valence electrons. The second-order valence-electron chi connectivity index (χ2n) is 6.20. The Hall–Kier alpha value is -2.34. The summed E-state index contributed by atoms with van der Waals surface area (Å²) in [7, 11) is 2.91. The summed E-state index contributed by atoms with van der Waals surface area (Å²) in [6.07, 6.45) is 3.18. The molecule has 1 saturated carbocycles. The van der Waals surface area contributed by atoms with E-state index in [0.29, 0.717) is 30.6 Å². The third-order valence-electron chi connectivity index (χ3n) is 4.77. The Morgan fingerprint density at radius 1 is 1.24 bits per heavy atom. The van der Waals surface area contributed by atoms with Gasteiger partial charge in [-0.15, -0.1) is 0 Å². The van der Waals surface area contributed by atoms with Crippen molar-refractivity contribution in [1.29, 1.82) is 0 Å². The first-order valence-corrected chi connectivity index (χ1v) is 8.35. The van der Waals surface area contributed by atoms with Crippen molar-refractivity contribution in [1.82, 2.24) is 0 Å². The van der Waals surface area contributed by atoms with E-state index < -0.39 is 5.97 Å². The van der Waals surface area contributed by atoms with E-state index in [0.717, 1.165) is 5.56 Å². The molecule has 3 rings (SSSR count). The average molecular weight is 346 g/mol. The minimum absolute atomic E-state index is 0.0746. The van der Waals surface area contributed by atoms with Crippen LogP contribution in [0.3, 0.4) is 0 Å². The lowest BCUT2D eigenvalue weighted by Crippen LogP contribution is -2.41. The van der Waals surface area contributed by atoms with Crippen LogP contribution in [-0.2, 0) is 23.8 Å². The first kappa shape index (κ1) is 17.5. The number of hydrogen-bond acceptors (Lipinski definition) is 6. The lowest BCUT2D eigenvalue weighted by Gasteiger charge is -2.37. The van der Waals surface area contributed by atoms with Crippen molar-refractivity contribution >= 4 is 17.3 Å². The molecule has 6 nitrogen and oxygen atoms in total. The third kappa shape index (κ3) is 3.69. The molecule has 0 spiro atoms. The van der Waals surface area contributed by atoms with Gasteiger partial charge in [-0.25, -0.2) is 4.79 Å². The molecular formula is C19H22O6. The van der Waals surface area contributed by atoms with Gasteiger partial charge in [0.05, 0.1) is 38.1 Å². The summed E-state index contributed by atoms with van der Waals surface area (Å²) in [4.78, 5) is 24.1. The zero-order chi connectivity index (χ0) is 17.8. The summed E-state index contributed by atoms with van der Waals surface area (Å²) in [5, 5.41) is 0. The molecule has 0 saturated heterocycles. The topological polar surface area (TPSA) is 71.1 Å². The van der Waals surface area contributed by atoms with Crippen molar-refractivity contribution in [2.45, 2.75) is 31.5 Å². The number of carbonyl (C=O) groups excluding carboxylic acids is 2. The zero-order valence-electron chi connectivity index (χ0n) is 14.4. The van der Waals surface area contributed by atoms with Crippen molar-refractivity contribution in [2.24, 2.45) is 5.92 Å². The average Bonchev–Trinajstić information content (AvgIpc) is 2.66. The van der Waals surface area contributed by atoms with E-state index in [1.54, 1.807) is 7.11 Å². The molecule has 0 aromatic heterocycles. The van der Waals surface area contributed by atoms with Crippen LogP contribution in [0, 0.1) is 5.92 Å². The fourth-order valence-corrected chi connectivity index (χ4v) is 3.42. The monoisotopic (exact) mass is 346 g/mol. The van der Waals surface area contributed by atoms with Crippen LogP contribution in [0.5, 0.6) is 5.75 Å². The number of ketones is 1. The van der Waals surface area contributed by atoms with Gasteiger partial charge < -0.3 is 18.9 Å². The van der Waals surface area contributed by atoms with Crippen molar-refractivity contribution in [2.75, 3.05) is 20.8 Å². The maximum atomic E-state index is 12.9. The van der Waals surface area contributed by atoms with Gasteiger partial charge >= 0.3 is 5.97 Å². The van der Waals surface area contributed by atoms with Crippen LogP contribution in [0.25, 0.3) is 5.57 Å². The summed E-state index contributed by atoms with van der Waals surface area (Å²) in [5.41, 5.74) is 1.30. The smallest absolute Gasteiger partial charge is 0.331 e. The van der Waals surface area contributed by atoms with E-state index in [1.165, 1.54) is 13.4 Å². The number of rotatable bonds is 5. The van der Waals surface area contributed by atoms with E-state index >= 15 is 0 Å². The Morgan fingerprint density at radius 2 is 2.04 bits per heavy atom. The second-order valence-corrected chi connectivity index (χ2v) is 6.20. The van der Waals surface area contributed by atoms with Gasteiger partial charge in [-0.05, 0) is 18.9 Å². The normalized spacial score (nSPS) is 25.4. The van der Waals surface area contributed by atoms with Crippen LogP contribution in [0.4, 0.5) is 0 Å². The van der Waals surface area contributed by atoms with Gasteiger partial charge in [0, 0.05) is 12.0 Å². The van der Waals surface area contributed by atoms with Gasteiger partial charge in [-0.2, -0.15) is 0 Å². The number of hydrogen-bond donors (Lipinski definition) is 0. The van der Waals surface area contributed by atoms with Crippen molar-refractivity contribution in [3.8, 4) is 5.75 Å². The lowest BCUT2D eigenvalue weighted by molar-refractivity contribution is -0.151. The number of Topliss-reactive ketones (excluding diaryl/α,β-unsaturated/α-hetero) is 1. The molecular weight excluding hydrogens is 324 g/mol. The van der Waals surface area contributed by atoms with Gasteiger partial charge in [-0.1, -0.05) is 18.2 Å². The molecule has 0 N–H and O–H groups in total. The molecule has 0 radical (unpaired) electrons. The molecule has 3 atom stereocenters.